The van der Waals surface area contributed by atoms with E-state index in [2.05, 4.69) is 37.7 Å². The van der Waals surface area contributed by atoms with Crippen molar-refractivity contribution in [3.05, 3.63) is 28.7 Å². The lowest BCUT2D eigenvalue weighted by Gasteiger charge is -2.36. The van der Waals surface area contributed by atoms with Crippen molar-refractivity contribution in [2.75, 3.05) is 38.2 Å². The highest BCUT2D eigenvalue weighted by Crippen LogP contribution is 2.19. The molecule has 2 rings (SSSR count). The van der Waals surface area contributed by atoms with Crippen LogP contribution < -0.4 is 4.90 Å². The summed E-state index contributed by atoms with van der Waals surface area (Å²) in [5, 5.41) is 0. The lowest BCUT2D eigenvalue weighted by Crippen LogP contribution is -2.49. The average molecular weight is 341 g/mol. The Bertz CT molecular complexity index is 482. The van der Waals surface area contributed by atoms with Crippen LogP contribution in [0.15, 0.2) is 28.7 Å². The molecule has 0 aliphatic carbocycles. The highest BCUT2D eigenvalue weighted by atomic mass is 79.9. The monoisotopic (exact) mass is 340 g/mol. The number of halogens is 1. The second kappa shape index (κ2) is 6.74. The topological polar surface area (TPSA) is 49.9 Å². The minimum Gasteiger partial charge on any atom is -0.469 e. The van der Waals surface area contributed by atoms with Gasteiger partial charge in [0.15, 0.2) is 0 Å². The summed E-state index contributed by atoms with van der Waals surface area (Å²) in [6.07, 6.45) is -0.172. The van der Waals surface area contributed by atoms with Gasteiger partial charge in [0.1, 0.15) is 6.42 Å². The Morgan fingerprint density at radius 2 is 1.75 bits per heavy atom. The molecule has 20 heavy (non-hydrogen) atoms. The largest absolute Gasteiger partial charge is 0.469 e. The number of hydrogen-bond acceptors (Lipinski definition) is 4. The van der Waals surface area contributed by atoms with Crippen LogP contribution in [-0.2, 0) is 14.3 Å². The first kappa shape index (κ1) is 14.8. The van der Waals surface area contributed by atoms with Gasteiger partial charge in [-0.15, -0.1) is 0 Å². The number of ether oxygens (including phenoxy) is 1. The summed E-state index contributed by atoms with van der Waals surface area (Å²) < 4.78 is 5.56. The maximum Gasteiger partial charge on any atom is 0.315 e. The molecule has 1 amide bonds. The van der Waals surface area contributed by atoms with Crippen LogP contribution in [-0.4, -0.2) is 50.1 Å². The van der Waals surface area contributed by atoms with Crippen LogP contribution in [0, 0.1) is 0 Å². The summed E-state index contributed by atoms with van der Waals surface area (Å²) in [5.41, 5.74) is 1.15. The van der Waals surface area contributed by atoms with E-state index in [1.807, 2.05) is 12.1 Å². The highest BCUT2D eigenvalue weighted by Gasteiger charge is 2.23. The molecule has 0 radical (unpaired) electrons. The summed E-state index contributed by atoms with van der Waals surface area (Å²) in [6, 6.07) is 8.11. The van der Waals surface area contributed by atoms with Gasteiger partial charge in [0.25, 0.3) is 0 Å². The van der Waals surface area contributed by atoms with Crippen LogP contribution in [0.1, 0.15) is 6.42 Å². The summed E-state index contributed by atoms with van der Waals surface area (Å²) in [7, 11) is 1.29. The molecule has 1 saturated heterocycles. The first-order valence-corrected chi connectivity index (χ1v) is 7.24. The number of benzene rings is 1. The van der Waals surface area contributed by atoms with Gasteiger partial charge >= 0.3 is 5.97 Å². The van der Waals surface area contributed by atoms with Crippen molar-refractivity contribution in [1.29, 1.82) is 0 Å². The maximum atomic E-state index is 11.9. The normalized spacial score (nSPS) is 15.1. The number of esters is 1. The zero-order valence-electron chi connectivity index (χ0n) is 11.3. The Morgan fingerprint density at radius 1 is 1.15 bits per heavy atom. The fraction of sp³-hybridized carbons (Fsp3) is 0.429. The first-order valence-electron chi connectivity index (χ1n) is 6.45. The molecule has 0 saturated carbocycles. The third-order valence-electron chi connectivity index (χ3n) is 3.35. The van der Waals surface area contributed by atoms with Crippen LogP contribution in [0.4, 0.5) is 5.69 Å². The van der Waals surface area contributed by atoms with Gasteiger partial charge in [0.2, 0.25) is 5.91 Å². The van der Waals surface area contributed by atoms with Crippen molar-refractivity contribution in [3.63, 3.8) is 0 Å². The van der Waals surface area contributed by atoms with E-state index in [0.717, 1.165) is 23.2 Å². The number of piperazine rings is 1. The van der Waals surface area contributed by atoms with E-state index in [4.69, 9.17) is 0 Å². The molecule has 1 heterocycles. The first-order chi connectivity index (χ1) is 9.60. The molecule has 1 aromatic rings. The minimum atomic E-state index is -0.481. The van der Waals surface area contributed by atoms with Gasteiger partial charge in [-0.25, -0.2) is 0 Å². The molecule has 1 fully saturated rings. The Balaban J connectivity index is 1.87. The van der Waals surface area contributed by atoms with Gasteiger partial charge in [-0.05, 0) is 24.3 Å². The zero-order valence-corrected chi connectivity index (χ0v) is 12.9. The van der Waals surface area contributed by atoms with Crippen molar-refractivity contribution in [1.82, 2.24) is 4.90 Å². The number of anilines is 1. The van der Waals surface area contributed by atoms with E-state index in [-0.39, 0.29) is 12.3 Å². The van der Waals surface area contributed by atoms with Crippen molar-refractivity contribution in [3.8, 4) is 0 Å². The molecule has 1 aliphatic rings. The van der Waals surface area contributed by atoms with Gasteiger partial charge in [-0.1, -0.05) is 15.9 Å². The van der Waals surface area contributed by atoms with Gasteiger partial charge in [-0.2, -0.15) is 0 Å². The molecule has 0 N–H and O–H groups in total. The van der Waals surface area contributed by atoms with Crippen LogP contribution in [0.25, 0.3) is 0 Å². The predicted octanol–water partition coefficient (Wildman–Crippen LogP) is 1.66. The van der Waals surface area contributed by atoms with Crippen LogP contribution in [0.3, 0.4) is 0 Å². The Kier molecular flexibility index (Phi) is 5.00. The number of carbonyl (C=O) groups is 2. The molecular formula is C14H17BrN2O3. The molecule has 0 bridgehead atoms. The van der Waals surface area contributed by atoms with Gasteiger partial charge in [0.05, 0.1) is 7.11 Å². The number of carbonyl (C=O) groups excluding carboxylic acids is 2. The summed E-state index contributed by atoms with van der Waals surface area (Å²) >= 11 is 3.41. The predicted molar refractivity (Wildman–Crippen MR) is 79.6 cm³/mol. The lowest BCUT2D eigenvalue weighted by molar-refractivity contribution is -0.146. The van der Waals surface area contributed by atoms with E-state index in [9.17, 15) is 9.59 Å². The Hall–Kier alpha value is -1.56. The van der Waals surface area contributed by atoms with Gasteiger partial charge in [-0.3, -0.25) is 9.59 Å². The number of hydrogen-bond donors (Lipinski definition) is 0. The molecular weight excluding hydrogens is 324 g/mol. The third-order valence-corrected chi connectivity index (χ3v) is 3.88. The quantitative estimate of drug-likeness (QED) is 0.620. The van der Waals surface area contributed by atoms with Gasteiger partial charge < -0.3 is 14.5 Å². The third kappa shape index (κ3) is 3.72. The zero-order chi connectivity index (χ0) is 14.5. The van der Waals surface area contributed by atoms with Crippen molar-refractivity contribution < 1.29 is 14.3 Å². The van der Waals surface area contributed by atoms with E-state index < -0.39 is 5.97 Å². The standard InChI is InChI=1S/C14H17BrN2O3/c1-20-14(19)10-13(18)17-8-6-16(7-9-17)12-4-2-11(15)3-5-12/h2-5H,6-10H2,1H3. The van der Waals surface area contributed by atoms with Crippen LogP contribution >= 0.6 is 15.9 Å². The van der Waals surface area contributed by atoms with Crippen molar-refractivity contribution in [2.24, 2.45) is 0 Å². The summed E-state index contributed by atoms with van der Waals surface area (Å²) in [6.45, 7) is 2.81. The van der Waals surface area contributed by atoms with E-state index in [1.54, 1.807) is 4.90 Å². The Morgan fingerprint density at radius 3 is 2.30 bits per heavy atom. The molecule has 0 unspecified atom stereocenters. The molecule has 0 spiro atoms. The van der Waals surface area contributed by atoms with E-state index in [1.165, 1.54) is 7.11 Å². The number of rotatable bonds is 3. The molecule has 6 heteroatoms. The smallest absolute Gasteiger partial charge is 0.315 e. The number of nitrogens with zero attached hydrogens (tertiary/aromatic N) is 2. The molecule has 0 atom stereocenters. The summed E-state index contributed by atoms with van der Waals surface area (Å²) in [4.78, 5) is 26.9. The lowest BCUT2D eigenvalue weighted by atomic mass is 10.2. The molecule has 0 aromatic heterocycles. The van der Waals surface area contributed by atoms with Crippen molar-refractivity contribution in [2.45, 2.75) is 6.42 Å². The molecule has 108 valence electrons. The molecule has 1 aromatic carbocycles. The summed E-state index contributed by atoms with van der Waals surface area (Å²) in [5.74, 6) is -0.641. The Labute approximate surface area is 126 Å². The fourth-order valence-corrected chi connectivity index (χ4v) is 2.44. The number of amides is 1. The molecule has 5 nitrogen and oxygen atoms in total. The minimum absolute atomic E-state index is 0.160. The van der Waals surface area contributed by atoms with E-state index in [0.29, 0.717) is 13.1 Å². The SMILES string of the molecule is COC(=O)CC(=O)N1CCN(c2ccc(Br)cc2)CC1. The van der Waals surface area contributed by atoms with Crippen LogP contribution in [0.5, 0.6) is 0 Å². The number of methoxy groups -OCH3 is 1. The average Bonchev–Trinajstić information content (AvgIpc) is 2.48. The van der Waals surface area contributed by atoms with E-state index >= 15 is 0 Å². The second-order valence-electron chi connectivity index (χ2n) is 4.60. The second-order valence-corrected chi connectivity index (χ2v) is 5.51. The van der Waals surface area contributed by atoms with Gasteiger partial charge in [0, 0.05) is 36.3 Å². The maximum absolute atomic E-state index is 11.9. The highest BCUT2D eigenvalue weighted by molar-refractivity contribution is 9.10. The molecule has 1 aliphatic heterocycles. The fourth-order valence-electron chi connectivity index (χ4n) is 2.17. The van der Waals surface area contributed by atoms with Crippen LogP contribution in [0.2, 0.25) is 0 Å². The van der Waals surface area contributed by atoms with Crippen molar-refractivity contribution >= 4 is 33.5 Å².